The predicted octanol–water partition coefficient (Wildman–Crippen LogP) is -0.0868. The second-order valence-corrected chi connectivity index (χ2v) is 3.94. The molecule has 4 N–H and O–H groups in total. The summed E-state index contributed by atoms with van der Waals surface area (Å²) >= 11 is 0. The molecular formula is C5H11NO4P+. The van der Waals surface area contributed by atoms with Crippen molar-refractivity contribution in [2.45, 2.75) is 18.6 Å². The summed E-state index contributed by atoms with van der Waals surface area (Å²) < 4.78 is 10.9. The molecule has 0 radical (unpaired) electrons. The standard InChI is InChI=1S/C5H10NO4P/c1-2-5(6,4(8)9)11(10)3-7/h7H,2-3,6H2,1H3/p+1/t5-/m0/s1. The normalized spacial score (nSPS) is 17.2. The van der Waals surface area contributed by atoms with Crippen LogP contribution in [-0.2, 0) is 9.36 Å². The highest BCUT2D eigenvalue weighted by molar-refractivity contribution is 7.47. The first-order chi connectivity index (χ1) is 4.99. The molecule has 0 aliphatic rings. The summed E-state index contributed by atoms with van der Waals surface area (Å²) in [5.74, 6) is -1.34. The van der Waals surface area contributed by atoms with E-state index in [0.717, 1.165) is 0 Å². The maximum Gasteiger partial charge on any atom is 0.400 e. The molecule has 64 valence electrons. The van der Waals surface area contributed by atoms with Crippen LogP contribution >= 0.6 is 7.80 Å². The third kappa shape index (κ3) is 1.96. The Balaban J connectivity index is 4.59. The Labute approximate surface area is 65.0 Å². The van der Waals surface area contributed by atoms with Crippen molar-refractivity contribution in [1.82, 2.24) is 0 Å². The summed E-state index contributed by atoms with van der Waals surface area (Å²) in [6, 6.07) is 0. The first kappa shape index (κ1) is 10.5. The lowest BCUT2D eigenvalue weighted by molar-refractivity contribution is -0.140. The van der Waals surface area contributed by atoms with Gasteiger partial charge in [0, 0.05) is 6.42 Å². The molecule has 0 spiro atoms. The molecule has 5 nitrogen and oxygen atoms in total. The van der Waals surface area contributed by atoms with Gasteiger partial charge in [-0.2, -0.15) is 0 Å². The van der Waals surface area contributed by atoms with Crippen molar-refractivity contribution in [3.63, 3.8) is 0 Å². The fourth-order valence-corrected chi connectivity index (χ4v) is 1.38. The van der Waals surface area contributed by atoms with Gasteiger partial charge in [0.05, 0.1) is 0 Å². The molecule has 0 bridgehead atoms. The van der Waals surface area contributed by atoms with E-state index in [0.29, 0.717) is 0 Å². The third-order valence-corrected chi connectivity index (χ3v) is 3.14. The van der Waals surface area contributed by atoms with Crippen molar-refractivity contribution in [1.29, 1.82) is 0 Å². The molecule has 0 aromatic carbocycles. The smallest absolute Gasteiger partial charge is 0.400 e. The summed E-state index contributed by atoms with van der Waals surface area (Å²) in [7, 11) is -2.28. The van der Waals surface area contributed by atoms with E-state index in [1.165, 1.54) is 6.92 Å². The number of aliphatic hydroxyl groups is 1. The van der Waals surface area contributed by atoms with Crippen LogP contribution < -0.4 is 5.73 Å². The zero-order chi connectivity index (χ0) is 9.07. The minimum Gasteiger partial charge on any atom is -0.477 e. The minimum absolute atomic E-state index is 0.0398. The fraction of sp³-hybridized carbons (Fsp3) is 0.800. The Morgan fingerprint density at radius 3 is 2.27 bits per heavy atom. The maximum atomic E-state index is 10.9. The first-order valence-corrected chi connectivity index (χ1v) is 4.51. The number of hydrogen-bond donors (Lipinski definition) is 3. The molecule has 0 aliphatic heterocycles. The van der Waals surface area contributed by atoms with Gasteiger partial charge in [0.15, 0.2) is 0 Å². The van der Waals surface area contributed by atoms with Gasteiger partial charge in [0.25, 0.3) is 0 Å². The lowest BCUT2D eigenvalue weighted by Crippen LogP contribution is -2.44. The largest absolute Gasteiger partial charge is 0.477 e. The highest BCUT2D eigenvalue weighted by Gasteiger charge is 2.50. The fourth-order valence-electron chi connectivity index (χ4n) is 0.560. The zero-order valence-corrected chi connectivity index (χ0v) is 7.04. The summed E-state index contributed by atoms with van der Waals surface area (Å²) in [5.41, 5.74) is 5.25. The van der Waals surface area contributed by atoms with E-state index in [-0.39, 0.29) is 6.42 Å². The molecule has 0 saturated heterocycles. The maximum absolute atomic E-state index is 10.9. The molecule has 0 saturated carbocycles. The monoisotopic (exact) mass is 180 g/mol. The zero-order valence-electron chi connectivity index (χ0n) is 6.15. The van der Waals surface area contributed by atoms with E-state index >= 15 is 0 Å². The molecule has 0 aromatic heterocycles. The van der Waals surface area contributed by atoms with E-state index in [1.807, 2.05) is 0 Å². The van der Waals surface area contributed by atoms with Gasteiger partial charge >= 0.3 is 19.1 Å². The second kappa shape index (κ2) is 3.76. The number of hydrogen-bond acceptors (Lipinski definition) is 4. The second-order valence-electron chi connectivity index (χ2n) is 2.10. The van der Waals surface area contributed by atoms with Crippen molar-refractivity contribution >= 4 is 13.8 Å². The molecule has 0 fully saturated rings. The average Bonchev–Trinajstić information content (AvgIpc) is 2.01. The van der Waals surface area contributed by atoms with Crippen LogP contribution in [0.15, 0.2) is 0 Å². The number of rotatable bonds is 4. The van der Waals surface area contributed by atoms with E-state index in [1.54, 1.807) is 0 Å². The van der Waals surface area contributed by atoms with Crippen molar-refractivity contribution in [2.24, 2.45) is 5.73 Å². The van der Waals surface area contributed by atoms with Crippen LogP contribution in [0.2, 0.25) is 0 Å². The van der Waals surface area contributed by atoms with Gasteiger partial charge in [-0.25, -0.2) is 4.79 Å². The number of nitrogens with two attached hydrogens (primary N) is 1. The Morgan fingerprint density at radius 1 is 1.73 bits per heavy atom. The Bertz CT molecular complexity index is 183. The quantitative estimate of drug-likeness (QED) is 0.525. The van der Waals surface area contributed by atoms with Crippen molar-refractivity contribution in [3.8, 4) is 0 Å². The van der Waals surface area contributed by atoms with Gasteiger partial charge < -0.3 is 10.2 Å². The van der Waals surface area contributed by atoms with E-state index in [4.69, 9.17) is 15.9 Å². The van der Waals surface area contributed by atoms with E-state index in [9.17, 15) is 9.36 Å². The third-order valence-electron chi connectivity index (χ3n) is 1.48. The molecule has 11 heavy (non-hydrogen) atoms. The molecule has 0 amide bonds. The molecular weight excluding hydrogens is 169 g/mol. The number of aliphatic hydroxyl groups excluding tert-OH is 1. The van der Waals surface area contributed by atoms with Crippen molar-refractivity contribution in [3.05, 3.63) is 0 Å². The van der Waals surface area contributed by atoms with Crippen molar-refractivity contribution < 1.29 is 19.6 Å². The highest BCUT2D eigenvalue weighted by Crippen LogP contribution is 2.36. The van der Waals surface area contributed by atoms with Crippen molar-refractivity contribution in [2.75, 3.05) is 6.35 Å². The Kier molecular flexibility index (Phi) is 3.58. The lowest BCUT2D eigenvalue weighted by Gasteiger charge is -2.09. The lowest BCUT2D eigenvalue weighted by atomic mass is 10.2. The van der Waals surface area contributed by atoms with E-state index < -0.39 is 25.4 Å². The van der Waals surface area contributed by atoms with Crippen LogP contribution in [0.4, 0.5) is 0 Å². The number of aliphatic carboxylic acids is 1. The van der Waals surface area contributed by atoms with Crippen LogP contribution in [0.1, 0.15) is 13.3 Å². The highest BCUT2D eigenvalue weighted by atomic mass is 31.1. The van der Waals surface area contributed by atoms with Gasteiger partial charge in [-0.05, 0) is 0 Å². The Hall–Kier alpha value is -0.510. The van der Waals surface area contributed by atoms with Crippen LogP contribution in [0.3, 0.4) is 0 Å². The van der Waals surface area contributed by atoms with Crippen LogP contribution in [-0.4, -0.2) is 27.8 Å². The average molecular weight is 180 g/mol. The molecule has 0 rings (SSSR count). The summed E-state index contributed by atoms with van der Waals surface area (Å²) in [6.07, 6.45) is -0.649. The predicted molar refractivity (Wildman–Crippen MR) is 39.5 cm³/mol. The summed E-state index contributed by atoms with van der Waals surface area (Å²) in [4.78, 5) is 10.4. The van der Waals surface area contributed by atoms with Gasteiger partial charge in [0.1, 0.15) is 0 Å². The summed E-state index contributed by atoms with van der Waals surface area (Å²) in [5, 5.41) is 15.2. The number of carboxylic acid groups (broad SMARTS) is 1. The molecule has 6 heteroatoms. The molecule has 1 unspecified atom stereocenters. The van der Waals surface area contributed by atoms with Crippen LogP contribution in [0.5, 0.6) is 0 Å². The topological polar surface area (TPSA) is 101 Å². The molecule has 0 aromatic rings. The summed E-state index contributed by atoms with van der Waals surface area (Å²) in [6.45, 7) is 1.51. The number of carbonyl (C=O) groups is 1. The van der Waals surface area contributed by atoms with Crippen LogP contribution in [0.25, 0.3) is 0 Å². The van der Waals surface area contributed by atoms with Crippen LogP contribution in [0, 0.1) is 0 Å². The first-order valence-electron chi connectivity index (χ1n) is 3.07. The van der Waals surface area contributed by atoms with Gasteiger partial charge in [0.2, 0.25) is 6.35 Å². The number of carboxylic acids is 1. The molecule has 2 atom stereocenters. The Morgan fingerprint density at radius 2 is 2.18 bits per heavy atom. The SMILES string of the molecule is CC[C@@](N)(C(=O)O)[P+](=O)CO. The minimum atomic E-state index is -2.28. The molecule has 0 aliphatic carbocycles. The van der Waals surface area contributed by atoms with Gasteiger partial charge in [-0.1, -0.05) is 11.5 Å². The van der Waals surface area contributed by atoms with Gasteiger partial charge in [-0.15, -0.1) is 0 Å². The van der Waals surface area contributed by atoms with Gasteiger partial charge in [-0.3, -0.25) is 5.73 Å². The van der Waals surface area contributed by atoms with E-state index in [2.05, 4.69) is 0 Å². The molecule has 0 heterocycles.